The molecular formula is C18H20N2O5. The molecule has 0 fully saturated rings. The summed E-state index contributed by atoms with van der Waals surface area (Å²) in [7, 11) is 0. The minimum Gasteiger partial charge on any atom is -0.462 e. The quantitative estimate of drug-likeness (QED) is 0.808. The van der Waals surface area contributed by atoms with Gasteiger partial charge in [-0.05, 0) is 37.1 Å². The van der Waals surface area contributed by atoms with Gasteiger partial charge in [-0.25, -0.2) is 9.59 Å². The van der Waals surface area contributed by atoms with Crippen molar-refractivity contribution in [3.63, 3.8) is 0 Å². The van der Waals surface area contributed by atoms with Crippen LogP contribution < -0.4 is 11.1 Å². The first-order valence-corrected chi connectivity index (χ1v) is 7.87. The van der Waals surface area contributed by atoms with Crippen molar-refractivity contribution in [2.45, 2.75) is 20.8 Å². The van der Waals surface area contributed by atoms with Crippen LogP contribution in [0, 0.1) is 0 Å². The molecule has 0 saturated heterocycles. The Morgan fingerprint density at radius 3 is 1.72 bits per heavy atom. The Kier molecular flexibility index (Phi) is 5.59. The molecule has 0 aliphatic heterocycles. The second-order valence-electron chi connectivity index (χ2n) is 5.24. The van der Waals surface area contributed by atoms with E-state index in [0.717, 1.165) is 0 Å². The monoisotopic (exact) mass is 344 g/mol. The number of fused-ring (bicyclic) bond motifs is 1. The summed E-state index contributed by atoms with van der Waals surface area (Å²) in [6.45, 7) is 4.94. The number of carbonyl (C=O) groups excluding carboxylic acids is 3. The summed E-state index contributed by atoms with van der Waals surface area (Å²) < 4.78 is 10.2. The number of esters is 2. The van der Waals surface area contributed by atoms with Gasteiger partial charge in [0, 0.05) is 12.6 Å². The van der Waals surface area contributed by atoms with Crippen LogP contribution in [0.5, 0.6) is 0 Å². The number of nitrogens with two attached hydrogens (primary N) is 1. The van der Waals surface area contributed by atoms with Crippen molar-refractivity contribution in [3.05, 3.63) is 35.4 Å². The van der Waals surface area contributed by atoms with E-state index in [1.807, 2.05) is 0 Å². The maximum Gasteiger partial charge on any atom is 0.340 e. The Morgan fingerprint density at radius 2 is 1.36 bits per heavy atom. The van der Waals surface area contributed by atoms with Crippen molar-refractivity contribution in [1.29, 1.82) is 0 Å². The largest absolute Gasteiger partial charge is 0.462 e. The van der Waals surface area contributed by atoms with Gasteiger partial charge < -0.3 is 20.5 Å². The third-order valence-corrected chi connectivity index (χ3v) is 3.47. The van der Waals surface area contributed by atoms with Crippen LogP contribution in [0.1, 0.15) is 41.5 Å². The molecular weight excluding hydrogens is 324 g/mol. The first-order chi connectivity index (χ1) is 11.9. The van der Waals surface area contributed by atoms with Crippen molar-refractivity contribution in [2.24, 2.45) is 0 Å². The number of ether oxygens (including phenoxy) is 2. The van der Waals surface area contributed by atoms with E-state index in [4.69, 9.17) is 15.2 Å². The minimum absolute atomic E-state index is 0.0872. The molecule has 25 heavy (non-hydrogen) atoms. The van der Waals surface area contributed by atoms with Crippen molar-refractivity contribution in [2.75, 3.05) is 24.3 Å². The fourth-order valence-electron chi connectivity index (χ4n) is 2.56. The summed E-state index contributed by atoms with van der Waals surface area (Å²) in [4.78, 5) is 36.6. The summed E-state index contributed by atoms with van der Waals surface area (Å²) in [5.41, 5.74) is 7.45. The van der Waals surface area contributed by atoms with Crippen molar-refractivity contribution in [1.82, 2.24) is 0 Å². The van der Waals surface area contributed by atoms with E-state index in [1.54, 1.807) is 38.1 Å². The third kappa shape index (κ3) is 3.71. The number of nitrogens with one attached hydrogen (secondary N) is 1. The molecule has 7 nitrogen and oxygen atoms in total. The Balaban J connectivity index is 2.84. The molecule has 0 atom stereocenters. The second kappa shape index (κ2) is 7.65. The van der Waals surface area contributed by atoms with Crippen molar-refractivity contribution >= 4 is 29.2 Å². The van der Waals surface area contributed by atoms with Crippen LogP contribution >= 0.6 is 0 Å². The summed E-state index contributed by atoms with van der Waals surface area (Å²) in [6, 6.07) is 6.45. The molecule has 3 N–H and O–H groups in total. The first-order valence-electron chi connectivity index (χ1n) is 7.87. The molecule has 0 aromatic rings. The maximum absolute atomic E-state index is 12.5. The van der Waals surface area contributed by atoms with Gasteiger partial charge in [-0.3, -0.25) is 4.79 Å². The van der Waals surface area contributed by atoms with Crippen LogP contribution in [-0.4, -0.2) is 31.1 Å². The van der Waals surface area contributed by atoms with Crippen LogP contribution in [0.4, 0.5) is 11.4 Å². The number of nitrogen functional groups attached to an aromatic ring is 1. The standard InChI is InChI=1S/C18H20N2O5/c1-4-24-17(22)14-12-8-6-11(19)7-9-13(12)15(18(23)25-5-2)16(14)20-10(3)21/h6-9H,4-5,19H2,1-3H3,(H,20,21). The average molecular weight is 344 g/mol. The highest BCUT2D eigenvalue weighted by Crippen LogP contribution is 2.41. The highest BCUT2D eigenvalue weighted by Gasteiger charge is 2.32. The van der Waals surface area contributed by atoms with Gasteiger partial charge in [-0.1, -0.05) is 12.1 Å². The van der Waals surface area contributed by atoms with Gasteiger partial charge in [0.05, 0.1) is 30.0 Å². The molecule has 0 aromatic heterocycles. The predicted octanol–water partition coefficient (Wildman–Crippen LogP) is 2.69. The Bertz CT molecular complexity index is 745. The lowest BCUT2D eigenvalue weighted by molar-refractivity contribution is -0.114. The van der Waals surface area contributed by atoms with Crippen LogP contribution in [0.2, 0.25) is 0 Å². The molecule has 0 heterocycles. The smallest absolute Gasteiger partial charge is 0.340 e. The van der Waals surface area contributed by atoms with Gasteiger partial charge in [0.15, 0.2) is 0 Å². The average Bonchev–Trinajstić information content (AvgIpc) is 2.71. The van der Waals surface area contributed by atoms with Crippen LogP contribution in [0.3, 0.4) is 0 Å². The summed E-state index contributed by atoms with van der Waals surface area (Å²) in [6.07, 6.45) is 0. The number of hydrogen-bond donors (Lipinski definition) is 2. The van der Waals surface area contributed by atoms with E-state index in [9.17, 15) is 14.4 Å². The van der Waals surface area contributed by atoms with Gasteiger partial charge in [0.1, 0.15) is 0 Å². The normalized spacial score (nSPS) is 10.4. The molecule has 2 aliphatic rings. The number of rotatable bonds is 5. The minimum atomic E-state index is -0.642. The van der Waals surface area contributed by atoms with E-state index >= 15 is 0 Å². The molecule has 0 aromatic carbocycles. The molecule has 132 valence electrons. The number of anilines is 2. The first kappa shape index (κ1) is 18.3. The molecule has 0 bridgehead atoms. The summed E-state index contributed by atoms with van der Waals surface area (Å²) in [5.74, 6) is -1.71. The fourth-order valence-corrected chi connectivity index (χ4v) is 2.56. The summed E-state index contributed by atoms with van der Waals surface area (Å²) >= 11 is 0. The van der Waals surface area contributed by atoms with E-state index in [-0.39, 0.29) is 30.0 Å². The molecule has 2 rings (SSSR count). The van der Waals surface area contributed by atoms with E-state index in [1.165, 1.54) is 6.92 Å². The highest BCUT2D eigenvalue weighted by molar-refractivity contribution is 6.18. The number of amides is 1. The topological polar surface area (TPSA) is 108 Å². The van der Waals surface area contributed by atoms with Crippen LogP contribution in [0.15, 0.2) is 24.3 Å². The third-order valence-electron chi connectivity index (χ3n) is 3.47. The highest BCUT2D eigenvalue weighted by atomic mass is 16.5. The zero-order valence-corrected chi connectivity index (χ0v) is 14.3. The van der Waals surface area contributed by atoms with Gasteiger partial charge in [-0.15, -0.1) is 0 Å². The maximum atomic E-state index is 12.5. The van der Waals surface area contributed by atoms with E-state index in [0.29, 0.717) is 16.8 Å². The second-order valence-corrected chi connectivity index (χ2v) is 5.24. The Morgan fingerprint density at radius 1 is 0.920 bits per heavy atom. The molecule has 0 spiro atoms. The van der Waals surface area contributed by atoms with Gasteiger partial charge in [-0.2, -0.15) is 0 Å². The molecule has 1 amide bonds. The SMILES string of the molecule is CCOC(=O)c1c2ccc(N)ccc-2c(C(=O)OCC)c1NC(C)=O. The van der Waals surface area contributed by atoms with Gasteiger partial charge in [0.2, 0.25) is 5.91 Å². The summed E-state index contributed by atoms with van der Waals surface area (Å²) in [5, 5.41) is 2.56. The molecule has 0 saturated carbocycles. The fraction of sp³-hybridized carbons (Fsp3) is 0.278. The van der Waals surface area contributed by atoms with Crippen molar-refractivity contribution < 1.29 is 23.9 Å². The van der Waals surface area contributed by atoms with Crippen LogP contribution in [0.25, 0.3) is 11.1 Å². The lowest BCUT2D eigenvalue weighted by Crippen LogP contribution is -2.15. The van der Waals surface area contributed by atoms with Crippen molar-refractivity contribution in [3.8, 4) is 11.1 Å². The zero-order chi connectivity index (χ0) is 18.6. The lowest BCUT2D eigenvalue weighted by Gasteiger charge is -2.08. The van der Waals surface area contributed by atoms with Crippen LogP contribution in [-0.2, 0) is 14.3 Å². The van der Waals surface area contributed by atoms with E-state index < -0.39 is 17.8 Å². The number of carbonyl (C=O) groups is 3. The lowest BCUT2D eigenvalue weighted by atomic mass is 10.1. The van der Waals surface area contributed by atoms with Gasteiger partial charge >= 0.3 is 11.9 Å². The Hall–Kier alpha value is -3.09. The Labute approximate surface area is 145 Å². The zero-order valence-electron chi connectivity index (χ0n) is 14.3. The molecule has 2 aliphatic carbocycles. The van der Waals surface area contributed by atoms with E-state index in [2.05, 4.69) is 5.32 Å². The molecule has 0 radical (unpaired) electrons. The number of hydrogen-bond acceptors (Lipinski definition) is 6. The molecule has 7 heteroatoms. The molecule has 0 unspecified atom stereocenters. The predicted molar refractivity (Wildman–Crippen MR) is 93.7 cm³/mol. The van der Waals surface area contributed by atoms with Gasteiger partial charge in [0.25, 0.3) is 0 Å².